The average molecular weight is 293 g/mol. The molecule has 0 aliphatic rings. The zero-order valence-electron chi connectivity index (χ0n) is 13.5. The van der Waals surface area contributed by atoms with Gasteiger partial charge in [-0.15, -0.1) is 6.58 Å². The second-order valence-corrected chi connectivity index (χ2v) is 6.42. The Morgan fingerprint density at radius 3 is 1.95 bits per heavy atom. The van der Waals surface area contributed by atoms with Gasteiger partial charge < -0.3 is 4.90 Å². The van der Waals surface area contributed by atoms with Gasteiger partial charge in [0.1, 0.15) is 0 Å². The Morgan fingerprint density at radius 2 is 1.50 bits per heavy atom. The summed E-state index contributed by atoms with van der Waals surface area (Å²) in [7, 11) is 0. The number of benzene rings is 2. The predicted octanol–water partition coefficient (Wildman–Crippen LogP) is 4.93. The minimum Gasteiger partial charge on any atom is -0.301 e. The number of anilines is 1. The van der Waals surface area contributed by atoms with Gasteiger partial charge in [-0.25, -0.2) is 0 Å². The Balaban J connectivity index is 2.51. The predicted molar refractivity (Wildman–Crippen MR) is 93.1 cm³/mol. The molecule has 0 spiro atoms. The number of carbonyl (C=O) groups excluding carboxylic acids is 1. The number of amides is 1. The third-order valence-electron chi connectivity index (χ3n) is 3.66. The maximum Gasteiger partial charge on any atom is 0.258 e. The molecule has 2 rings (SSSR count). The molecular weight excluding hydrogens is 270 g/mol. The van der Waals surface area contributed by atoms with Crippen molar-refractivity contribution in [2.24, 2.45) is 5.41 Å². The summed E-state index contributed by atoms with van der Waals surface area (Å²) in [5, 5.41) is 0. The molecule has 0 aliphatic carbocycles. The van der Waals surface area contributed by atoms with E-state index in [1.54, 1.807) is 0 Å². The molecule has 1 amide bonds. The molecule has 0 saturated heterocycles. The van der Waals surface area contributed by atoms with Crippen LogP contribution in [-0.2, 0) is 0 Å². The normalized spacial score (nSPS) is 12.5. The van der Waals surface area contributed by atoms with E-state index in [1.165, 1.54) is 0 Å². The van der Waals surface area contributed by atoms with Gasteiger partial charge in [0.15, 0.2) is 0 Å². The van der Waals surface area contributed by atoms with Gasteiger partial charge in [-0.05, 0) is 29.7 Å². The Hall–Kier alpha value is -2.35. The van der Waals surface area contributed by atoms with Crippen LogP contribution >= 0.6 is 0 Å². The van der Waals surface area contributed by atoms with Crippen LogP contribution < -0.4 is 4.90 Å². The van der Waals surface area contributed by atoms with E-state index in [9.17, 15) is 4.79 Å². The molecule has 0 aliphatic heterocycles. The Bertz CT molecular complexity index is 626. The summed E-state index contributed by atoms with van der Waals surface area (Å²) in [6.45, 7) is 10.3. The summed E-state index contributed by atoms with van der Waals surface area (Å²) < 4.78 is 0. The number of hydrogen-bond donors (Lipinski definition) is 0. The van der Waals surface area contributed by atoms with Crippen molar-refractivity contribution in [3.05, 3.63) is 78.9 Å². The highest BCUT2D eigenvalue weighted by molar-refractivity contribution is 6.06. The van der Waals surface area contributed by atoms with Crippen LogP contribution in [-0.4, -0.2) is 11.9 Å². The van der Waals surface area contributed by atoms with Crippen LogP contribution in [0.2, 0.25) is 0 Å². The molecular formula is C20H23NO. The fourth-order valence-electron chi connectivity index (χ4n) is 2.56. The minimum absolute atomic E-state index is 0.00775. The number of para-hydroxylation sites is 1. The van der Waals surface area contributed by atoms with E-state index < -0.39 is 0 Å². The van der Waals surface area contributed by atoms with E-state index in [2.05, 4.69) is 27.4 Å². The van der Waals surface area contributed by atoms with Crippen molar-refractivity contribution in [2.45, 2.75) is 26.8 Å². The van der Waals surface area contributed by atoms with Crippen molar-refractivity contribution in [1.29, 1.82) is 0 Å². The summed E-state index contributed by atoms with van der Waals surface area (Å²) in [6, 6.07) is 19.1. The van der Waals surface area contributed by atoms with Crippen molar-refractivity contribution in [1.82, 2.24) is 0 Å². The number of carbonyl (C=O) groups is 1. The van der Waals surface area contributed by atoms with Crippen LogP contribution in [0.4, 0.5) is 5.69 Å². The molecule has 0 fully saturated rings. The fourth-order valence-corrected chi connectivity index (χ4v) is 2.56. The first-order chi connectivity index (χ1) is 10.4. The Morgan fingerprint density at radius 1 is 1.00 bits per heavy atom. The van der Waals surface area contributed by atoms with Crippen LogP contribution in [0.5, 0.6) is 0 Å². The Labute approximate surface area is 133 Å². The first-order valence-corrected chi connectivity index (χ1v) is 7.51. The lowest BCUT2D eigenvalue weighted by Gasteiger charge is -2.38. The molecule has 2 nitrogen and oxygen atoms in total. The molecule has 114 valence electrons. The molecule has 0 bridgehead atoms. The maximum absolute atomic E-state index is 13.1. The summed E-state index contributed by atoms with van der Waals surface area (Å²) in [5.74, 6) is -0.00775. The highest BCUT2D eigenvalue weighted by Gasteiger charge is 2.32. The number of rotatable bonds is 4. The zero-order valence-corrected chi connectivity index (χ0v) is 13.5. The van der Waals surface area contributed by atoms with Gasteiger partial charge in [0.2, 0.25) is 0 Å². The third-order valence-corrected chi connectivity index (χ3v) is 3.66. The van der Waals surface area contributed by atoms with Gasteiger partial charge in [-0.2, -0.15) is 0 Å². The second-order valence-electron chi connectivity index (χ2n) is 6.42. The topological polar surface area (TPSA) is 20.3 Å². The standard InChI is InChI=1S/C20H23NO/c1-5-18(20(2,3)4)21(17-14-10-7-11-15-17)19(22)16-12-8-6-9-13-16/h5-15,18H,1H2,2-4H3/t18-/m0/s1. The summed E-state index contributed by atoms with van der Waals surface area (Å²) in [6.07, 6.45) is 1.86. The molecule has 2 aromatic rings. The minimum atomic E-state index is -0.109. The van der Waals surface area contributed by atoms with E-state index >= 15 is 0 Å². The summed E-state index contributed by atoms with van der Waals surface area (Å²) >= 11 is 0. The van der Waals surface area contributed by atoms with E-state index in [0.29, 0.717) is 5.56 Å². The van der Waals surface area contributed by atoms with Crippen LogP contribution in [0.25, 0.3) is 0 Å². The van der Waals surface area contributed by atoms with Gasteiger partial charge in [0, 0.05) is 11.3 Å². The van der Waals surface area contributed by atoms with Gasteiger partial charge >= 0.3 is 0 Å². The first kappa shape index (κ1) is 16.0. The SMILES string of the molecule is C=C[C@H](N(C(=O)c1ccccc1)c1ccccc1)C(C)(C)C. The van der Waals surface area contributed by atoms with Crippen molar-refractivity contribution >= 4 is 11.6 Å². The van der Waals surface area contributed by atoms with Gasteiger partial charge in [-0.1, -0.05) is 63.2 Å². The van der Waals surface area contributed by atoms with E-state index in [0.717, 1.165) is 5.69 Å². The lowest BCUT2D eigenvalue weighted by Crippen LogP contribution is -2.46. The van der Waals surface area contributed by atoms with Gasteiger partial charge in [-0.3, -0.25) is 4.79 Å². The lowest BCUT2D eigenvalue weighted by atomic mass is 9.85. The molecule has 0 N–H and O–H groups in total. The second kappa shape index (κ2) is 6.61. The molecule has 22 heavy (non-hydrogen) atoms. The maximum atomic E-state index is 13.1. The van der Waals surface area contributed by atoms with Gasteiger partial charge in [0.25, 0.3) is 5.91 Å². The molecule has 2 aromatic carbocycles. The van der Waals surface area contributed by atoms with Crippen LogP contribution in [0.1, 0.15) is 31.1 Å². The lowest BCUT2D eigenvalue weighted by molar-refractivity contribution is 0.0965. The molecule has 0 unspecified atom stereocenters. The molecule has 0 aromatic heterocycles. The van der Waals surface area contributed by atoms with Gasteiger partial charge in [0.05, 0.1) is 6.04 Å². The van der Waals surface area contributed by atoms with Crippen molar-refractivity contribution in [3.63, 3.8) is 0 Å². The largest absolute Gasteiger partial charge is 0.301 e. The quantitative estimate of drug-likeness (QED) is 0.732. The van der Waals surface area contributed by atoms with Crippen LogP contribution in [0.3, 0.4) is 0 Å². The highest BCUT2D eigenvalue weighted by Crippen LogP contribution is 2.31. The van der Waals surface area contributed by atoms with Crippen LogP contribution in [0, 0.1) is 5.41 Å². The van der Waals surface area contributed by atoms with Crippen LogP contribution in [0.15, 0.2) is 73.3 Å². The van der Waals surface area contributed by atoms with E-state index in [1.807, 2.05) is 71.6 Å². The zero-order chi connectivity index (χ0) is 16.2. The molecule has 0 heterocycles. The van der Waals surface area contributed by atoms with E-state index in [4.69, 9.17) is 0 Å². The summed E-state index contributed by atoms with van der Waals surface area (Å²) in [5.41, 5.74) is 1.46. The van der Waals surface area contributed by atoms with Crippen molar-refractivity contribution in [3.8, 4) is 0 Å². The molecule has 0 saturated carbocycles. The first-order valence-electron chi connectivity index (χ1n) is 7.51. The summed E-state index contributed by atoms with van der Waals surface area (Å²) in [4.78, 5) is 14.9. The molecule has 1 atom stereocenters. The smallest absolute Gasteiger partial charge is 0.258 e. The van der Waals surface area contributed by atoms with Crippen molar-refractivity contribution in [2.75, 3.05) is 4.90 Å². The molecule has 2 heteroatoms. The van der Waals surface area contributed by atoms with E-state index in [-0.39, 0.29) is 17.4 Å². The number of nitrogens with zero attached hydrogens (tertiary/aromatic N) is 1. The molecule has 0 radical (unpaired) electrons. The van der Waals surface area contributed by atoms with Crippen molar-refractivity contribution < 1.29 is 4.79 Å². The highest BCUT2D eigenvalue weighted by atomic mass is 16.2. The monoisotopic (exact) mass is 293 g/mol. The Kier molecular flexibility index (Phi) is 4.81. The fraction of sp³-hybridized carbons (Fsp3) is 0.250. The average Bonchev–Trinajstić information content (AvgIpc) is 2.52. The third kappa shape index (κ3) is 3.45. The number of hydrogen-bond acceptors (Lipinski definition) is 1.